The van der Waals surface area contributed by atoms with Gasteiger partial charge in [-0.1, -0.05) is 47.5 Å². The number of rotatable bonds is 8. The van der Waals surface area contributed by atoms with Gasteiger partial charge in [0, 0.05) is 11.4 Å². The van der Waals surface area contributed by atoms with Crippen molar-refractivity contribution in [2.75, 3.05) is 6.61 Å². The van der Waals surface area contributed by atoms with Gasteiger partial charge in [-0.05, 0) is 56.0 Å². The number of hydrazone groups is 1. The fourth-order valence-electron chi connectivity index (χ4n) is 2.52. The molecule has 0 saturated carbocycles. The van der Waals surface area contributed by atoms with E-state index in [4.69, 9.17) is 27.9 Å². The van der Waals surface area contributed by atoms with Gasteiger partial charge in [0.15, 0.2) is 0 Å². The summed E-state index contributed by atoms with van der Waals surface area (Å²) in [7, 11) is 0. The van der Waals surface area contributed by atoms with Crippen molar-refractivity contribution in [2.24, 2.45) is 5.10 Å². The van der Waals surface area contributed by atoms with E-state index in [-0.39, 0.29) is 11.0 Å². The molecule has 0 aliphatic heterocycles. The van der Waals surface area contributed by atoms with Gasteiger partial charge in [0.25, 0.3) is 5.91 Å². The van der Waals surface area contributed by atoms with Crippen LogP contribution in [0.25, 0.3) is 0 Å². The summed E-state index contributed by atoms with van der Waals surface area (Å²) in [4.78, 5) is 23.6. The SMILES string of the molecule is CCOC(=O)CCCc1ccc(/C(C)=N/NC(=O)c2ccc(Cl)cc2Cl)cc1. The number of nitrogens with zero attached hydrogens (tertiary/aromatic N) is 1. The molecule has 0 spiro atoms. The summed E-state index contributed by atoms with van der Waals surface area (Å²) in [6.07, 6.45) is 1.94. The van der Waals surface area contributed by atoms with Crippen LogP contribution in [0.5, 0.6) is 0 Å². The van der Waals surface area contributed by atoms with Crippen LogP contribution in [-0.2, 0) is 16.0 Å². The molecule has 0 radical (unpaired) electrons. The molecule has 2 rings (SSSR count). The average Bonchev–Trinajstić information content (AvgIpc) is 2.66. The molecule has 2 aromatic rings. The number of esters is 1. The Kier molecular flexibility index (Phi) is 8.48. The third-order valence-corrected chi connectivity index (χ3v) is 4.57. The predicted octanol–water partition coefficient (Wildman–Crippen LogP) is 5.03. The first-order chi connectivity index (χ1) is 13.4. The minimum atomic E-state index is -0.406. The van der Waals surface area contributed by atoms with Crippen LogP contribution >= 0.6 is 23.2 Å². The van der Waals surface area contributed by atoms with Crippen molar-refractivity contribution in [2.45, 2.75) is 33.1 Å². The zero-order valence-electron chi connectivity index (χ0n) is 15.8. The Bertz CT molecular complexity index is 864. The maximum Gasteiger partial charge on any atom is 0.305 e. The van der Waals surface area contributed by atoms with Crippen LogP contribution in [-0.4, -0.2) is 24.2 Å². The summed E-state index contributed by atoms with van der Waals surface area (Å²) < 4.78 is 4.92. The van der Waals surface area contributed by atoms with E-state index in [1.165, 1.54) is 6.07 Å². The number of aryl methyl sites for hydroxylation is 1. The Morgan fingerprint density at radius 2 is 1.82 bits per heavy atom. The highest BCUT2D eigenvalue weighted by atomic mass is 35.5. The standard InChI is InChI=1S/C21H22Cl2N2O3/c1-3-28-20(26)6-4-5-15-7-9-16(10-8-15)14(2)24-25-21(27)18-12-11-17(22)13-19(18)23/h7-13H,3-6H2,1-2H3,(H,25,27)/b24-14+. The Hall–Kier alpha value is -2.37. The average molecular weight is 421 g/mol. The molecule has 5 nitrogen and oxygen atoms in total. The highest BCUT2D eigenvalue weighted by Crippen LogP contribution is 2.20. The number of benzene rings is 2. The number of hydrogen-bond donors (Lipinski definition) is 1. The Labute approximate surface area is 174 Å². The lowest BCUT2D eigenvalue weighted by molar-refractivity contribution is -0.143. The largest absolute Gasteiger partial charge is 0.466 e. The van der Waals surface area contributed by atoms with Crippen molar-refractivity contribution in [3.05, 3.63) is 69.2 Å². The number of nitrogens with one attached hydrogen (secondary N) is 1. The van der Waals surface area contributed by atoms with Gasteiger partial charge in [0.05, 0.1) is 22.9 Å². The third kappa shape index (κ3) is 6.66. The molecule has 0 unspecified atom stereocenters. The van der Waals surface area contributed by atoms with E-state index in [1.807, 2.05) is 24.3 Å². The van der Waals surface area contributed by atoms with Crippen molar-refractivity contribution in [3.8, 4) is 0 Å². The zero-order chi connectivity index (χ0) is 20.5. The van der Waals surface area contributed by atoms with Gasteiger partial charge in [-0.25, -0.2) is 5.43 Å². The summed E-state index contributed by atoms with van der Waals surface area (Å²) >= 11 is 11.9. The second kappa shape index (κ2) is 10.8. The highest BCUT2D eigenvalue weighted by molar-refractivity contribution is 6.36. The molecule has 0 fully saturated rings. The molecular formula is C21H22Cl2N2O3. The smallest absolute Gasteiger partial charge is 0.305 e. The summed E-state index contributed by atoms with van der Waals surface area (Å²) in [5, 5.41) is 4.86. The maximum atomic E-state index is 12.2. The van der Waals surface area contributed by atoms with E-state index >= 15 is 0 Å². The van der Waals surface area contributed by atoms with Crippen LogP contribution in [0.15, 0.2) is 47.6 Å². The van der Waals surface area contributed by atoms with Crippen molar-refractivity contribution in [1.29, 1.82) is 0 Å². The molecular weight excluding hydrogens is 399 g/mol. The minimum absolute atomic E-state index is 0.168. The Morgan fingerprint density at radius 3 is 2.46 bits per heavy atom. The quantitative estimate of drug-likeness (QED) is 0.369. The van der Waals surface area contributed by atoms with Crippen molar-refractivity contribution in [3.63, 3.8) is 0 Å². The first-order valence-corrected chi connectivity index (χ1v) is 9.71. The van der Waals surface area contributed by atoms with E-state index in [2.05, 4.69) is 10.5 Å². The number of carbonyl (C=O) groups excluding carboxylic acids is 2. The summed E-state index contributed by atoms with van der Waals surface area (Å²) in [6, 6.07) is 12.5. The molecule has 1 N–H and O–H groups in total. The van der Waals surface area contributed by atoms with E-state index in [9.17, 15) is 9.59 Å². The first kappa shape index (κ1) is 21.9. The Morgan fingerprint density at radius 1 is 1.11 bits per heavy atom. The monoisotopic (exact) mass is 420 g/mol. The van der Waals surface area contributed by atoms with Crippen LogP contribution in [0.2, 0.25) is 10.0 Å². The van der Waals surface area contributed by atoms with Crippen molar-refractivity contribution >= 4 is 40.8 Å². The molecule has 0 saturated heterocycles. The normalized spacial score (nSPS) is 11.2. The molecule has 7 heteroatoms. The summed E-state index contributed by atoms with van der Waals surface area (Å²) in [6.45, 7) is 4.01. The van der Waals surface area contributed by atoms with Gasteiger partial charge in [0.2, 0.25) is 0 Å². The first-order valence-electron chi connectivity index (χ1n) is 8.95. The van der Waals surface area contributed by atoms with Gasteiger partial charge in [0.1, 0.15) is 0 Å². The molecule has 1 amide bonds. The van der Waals surface area contributed by atoms with E-state index in [0.29, 0.717) is 29.3 Å². The number of amides is 1. The number of hydrogen-bond acceptors (Lipinski definition) is 4. The molecule has 0 atom stereocenters. The van der Waals surface area contributed by atoms with Gasteiger partial charge >= 0.3 is 5.97 Å². The minimum Gasteiger partial charge on any atom is -0.466 e. The lowest BCUT2D eigenvalue weighted by atomic mass is 10.0. The fourth-order valence-corrected chi connectivity index (χ4v) is 3.01. The summed E-state index contributed by atoms with van der Waals surface area (Å²) in [5.41, 5.74) is 5.48. The maximum absolute atomic E-state index is 12.2. The van der Waals surface area contributed by atoms with Crippen LogP contribution in [0.1, 0.15) is 48.2 Å². The van der Waals surface area contributed by atoms with Gasteiger partial charge in [-0.15, -0.1) is 0 Å². The molecule has 2 aromatic carbocycles. The highest BCUT2D eigenvalue weighted by Gasteiger charge is 2.10. The number of carbonyl (C=O) groups is 2. The molecule has 0 heterocycles. The molecule has 148 valence electrons. The molecule has 28 heavy (non-hydrogen) atoms. The lowest BCUT2D eigenvalue weighted by Crippen LogP contribution is -2.19. The Balaban J connectivity index is 1.91. The summed E-state index contributed by atoms with van der Waals surface area (Å²) in [5.74, 6) is -0.574. The van der Waals surface area contributed by atoms with E-state index in [1.54, 1.807) is 26.0 Å². The lowest BCUT2D eigenvalue weighted by Gasteiger charge is -2.06. The van der Waals surface area contributed by atoms with E-state index < -0.39 is 5.91 Å². The van der Waals surface area contributed by atoms with Crippen LogP contribution in [0, 0.1) is 0 Å². The second-order valence-electron chi connectivity index (χ2n) is 6.12. The molecule has 0 bridgehead atoms. The molecule has 0 aromatic heterocycles. The van der Waals surface area contributed by atoms with Gasteiger partial charge in [-0.3, -0.25) is 9.59 Å². The van der Waals surface area contributed by atoms with Crippen molar-refractivity contribution in [1.82, 2.24) is 5.43 Å². The zero-order valence-corrected chi connectivity index (χ0v) is 17.3. The van der Waals surface area contributed by atoms with Crippen LogP contribution in [0.4, 0.5) is 0 Å². The fraction of sp³-hybridized carbons (Fsp3) is 0.286. The third-order valence-electron chi connectivity index (χ3n) is 4.02. The second-order valence-corrected chi connectivity index (χ2v) is 6.96. The molecule has 0 aliphatic rings. The van der Waals surface area contributed by atoms with Crippen LogP contribution < -0.4 is 5.43 Å². The van der Waals surface area contributed by atoms with Crippen molar-refractivity contribution < 1.29 is 14.3 Å². The topological polar surface area (TPSA) is 67.8 Å². The van der Waals surface area contributed by atoms with Gasteiger partial charge < -0.3 is 4.74 Å². The van der Waals surface area contributed by atoms with Gasteiger partial charge in [-0.2, -0.15) is 5.10 Å². The number of halogens is 2. The van der Waals surface area contributed by atoms with Crippen LogP contribution in [0.3, 0.4) is 0 Å². The van der Waals surface area contributed by atoms with E-state index in [0.717, 1.165) is 24.0 Å². The predicted molar refractivity (Wildman–Crippen MR) is 112 cm³/mol. The molecule has 0 aliphatic carbocycles. The number of ether oxygens (including phenoxy) is 1.